The van der Waals surface area contributed by atoms with Crippen molar-refractivity contribution in [1.82, 2.24) is 14.5 Å². The first-order chi connectivity index (χ1) is 14.2. The summed E-state index contributed by atoms with van der Waals surface area (Å²) in [5.74, 6) is -0.629. The molecule has 1 aromatic carbocycles. The molecule has 0 unspecified atom stereocenters. The Morgan fingerprint density at radius 2 is 1.60 bits per heavy atom. The number of hydrogen-bond donors (Lipinski definition) is 2. The molecule has 1 aromatic rings. The van der Waals surface area contributed by atoms with E-state index in [1.54, 1.807) is 6.07 Å². The number of halogens is 2. The molecule has 8 nitrogen and oxygen atoms in total. The third-order valence-electron chi connectivity index (χ3n) is 5.65. The average Bonchev–Trinajstić information content (AvgIpc) is 2.69. The smallest absolute Gasteiger partial charge is 0.246 e. The molecule has 30 heavy (non-hydrogen) atoms. The van der Waals surface area contributed by atoms with Crippen molar-refractivity contribution >= 4 is 45.0 Å². The van der Waals surface area contributed by atoms with Crippen LogP contribution in [0.3, 0.4) is 0 Å². The molecule has 0 bridgehead atoms. The van der Waals surface area contributed by atoms with E-state index in [1.807, 2.05) is 4.90 Å². The highest BCUT2D eigenvalue weighted by atomic mass is 35.5. The lowest BCUT2D eigenvalue weighted by Crippen LogP contribution is -2.49. The van der Waals surface area contributed by atoms with Crippen LogP contribution in [0.15, 0.2) is 23.1 Å². The molecular weight excluding hydrogens is 451 g/mol. The van der Waals surface area contributed by atoms with E-state index in [9.17, 15) is 18.0 Å². The van der Waals surface area contributed by atoms with Crippen molar-refractivity contribution in [2.75, 3.05) is 32.7 Å². The van der Waals surface area contributed by atoms with Gasteiger partial charge in [0.25, 0.3) is 0 Å². The van der Waals surface area contributed by atoms with Gasteiger partial charge >= 0.3 is 0 Å². The molecule has 0 aliphatic carbocycles. The highest BCUT2D eigenvalue weighted by Gasteiger charge is 2.35. The van der Waals surface area contributed by atoms with Gasteiger partial charge in [-0.1, -0.05) is 29.3 Å². The number of amides is 2. The van der Waals surface area contributed by atoms with Crippen LogP contribution in [0, 0.1) is 5.92 Å². The zero-order chi connectivity index (χ0) is 21.9. The van der Waals surface area contributed by atoms with Crippen LogP contribution in [0.4, 0.5) is 0 Å². The molecule has 2 aliphatic rings. The number of piperidine rings is 2. The lowest BCUT2D eigenvalue weighted by atomic mass is 9.96. The van der Waals surface area contributed by atoms with Gasteiger partial charge in [-0.05, 0) is 37.8 Å². The van der Waals surface area contributed by atoms with Crippen molar-refractivity contribution in [1.29, 1.82) is 0 Å². The molecule has 2 amide bonds. The first-order valence-corrected chi connectivity index (χ1v) is 12.1. The topological polar surface area (TPSA) is 113 Å². The summed E-state index contributed by atoms with van der Waals surface area (Å²) in [5, 5.41) is 3.25. The number of carbonyl (C=O) groups is 2. The molecule has 0 aromatic heterocycles. The number of likely N-dealkylation sites (tertiary alicyclic amines) is 1. The Hall–Kier alpha value is -1.39. The molecule has 2 saturated heterocycles. The molecular formula is C19H26Cl2N4O4S. The monoisotopic (exact) mass is 476 g/mol. The van der Waals surface area contributed by atoms with Crippen molar-refractivity contribution in [3.05, 3.63) is 28.2 Å². The second-order valence-corrected chi connectivity index (χ2v) is 10.4. The number of hydrogen-bond acceptors (Lipinski definition) is 5. The third kappa shape index (κ3) is 5.45. The third-order valence-corrected chi connectivity index (χ3v) is 8.51. The summed E-state index contributed by atoms with van der Waals surface area (Å²) in [6, 6.07) is 4.65. The number of rotatable bonds is 6. The number of nitrogens with two attached hydrogens (primary N) is 1. The fourth-order valence-corrected chi connectivity index (χ4v) is 6.55. The van der Waals surface area contributed by atoms with Crippen molar-refractivity contribution in [2.24, 2.45) is 11.7 Å². The molecule has 2 fully saturated rings. The SMILES string of the molecule is NC(=O)CN1CCC(NC(=O)C2CCN(S(=O)(=O)c3c(Cl)cccc3Cl)CC2)CC1. The van der Waals surface area contributed by atoms with Gasteiger partial charge < -0.3 is 11.1 Å². The van der Waals surface area contributed by atoms with E-state index in [-0.39, 0.29) is 58.3 Å². The minimum atomic E-state index is -3.82. The maximum absolute atomic E-state index is 12.9. The Morgan fingerprint density at radius 3 is 2.13 bits per heavy atom. The summed E-state index contributed by atoms with van der Waals surface area (Å²) in [7, 11) is -3.82. The van der Waals surface area contributed by atoms with Gasteiger partial charge in [-0.2, -0.15) is 4.31 Å². The first-order valence-electron chi connectivity index (χ1n) is 9.93. The lowest BCUT2D eigenvalue weighted by Gasteiger charge is -2.34. The largest absolute Gasteiger partial charge is 0.369 e. The minimum absolute atomic E-state index is 0.0452. The number of primary amides is 1. The molecule has 0 saturated carbocycles. The zero-order valence-corrected chi connectivity index (χ0v) is 18.8. The van der Waals surface area contributed by atoms with Crippen LogP contribution in [0.25, 0.3) is 0 Å². The van der Waals surface area contributed by atoms with Crippen LogP contribution in [-0.2, 0) is 19.6 Å². The summed E-state index contributed by atoms with van der Waals surface area (Å²) in [5.41, 5.74) is 5.22. The maximum Gasteiger partial charge on any atom is 0.246 e. The summed E-state index contributed by atoms with van der Waals surface area (Å²) in [4.78, 5) is 25.6. The van der Waals surface area contributed by atoms with Crippen LogP contribution in [0.5, 0.6) is 0 Å². The molecule has 0 spiro atoms. The Morgan fingerprint density at radius 1 is 1.03 bits per heavy atom. The van der Waals surface area contributed by atoms with E-state index < -0.39 is 10.0 Å². The van der Waals surface area contributed by atoms with Crippen LogP contribution >= 0.6 is 23.2 Å². The second-order valence-electron chi connectivity index (χ2n) is 7.75. The van der Waals surface area contributed by atoms with E-state index in [0.717, 1.165) is 12.8 Å². The van der Waals surface area contributed by atoms with Crippen LogP contribution in [0.1, 0.15) is 25.7 Å². The minimum Gasteiger partial charge on any atom is -0.369 e. The molecule has 11 heteroatoms. The molecule has 3 rings (SSSR count). The van der Waals surface area contributed by atoms with Crippen LogP contribution in [-0.4, -0.2) is 68.2 Å². The van der Waals surface area contributed by atoms with E-state index >= 15 is 0 Å². The summed E-state index contributed by atoms with van der Waals surface area (Å²) >= 11 is 12.2. The highest BCUT2D eigenvalue weighted by Crippen LogP contribution is 2.33. The highest BCUT2D eigenvalue weighted by molar-refractivity contribution is 7.89. The van der Waals surface area contributed by atoms with Crippen molar-refractivity contribution in [3.63, 3.8) is 0 Å². The normalized spacial score (nSPS) is 20.2. The molecule has 166 valence electrons. The van der Waals surface area contributed by atoms with Gasteiger partial charge in [-0.15, -0.1) is 0 Å². The fourth-order valence-electron chi connectivity index (χ4n) is 3.99. The van der Waals surface area contributed by atoms with Crippen molar-refractivity contribution in [2.45, 2.75) is 36.6 Å². The van der Waals surface area contributed by atoms with Gasteiger partial charge in [0.05, 0.1) is 16.6 Å². The van der Waals surface area contributed by atoms with Gasteiger partial charge in [0.15, 0.2) is 0 Å². The molecule has 2 aliphatic heterocycles. The predicted octanol–water partition coefficient (Wildman–Crippen LogP) is 1.46. The molecule has 0 atom stereocenters. The summed E-state index contributed by atoms with van der Waals surface area (Å²) < 4.78 is 27.2. The Balaban J connectivity index is 1.52. The number of benzene rings is 1. The van der Waals surface area contributed by atoms with Gasteiger partial charge in [-0.25, -0.2) is 8.42 Å². The van der Waals surface area contributed by atoms with Crippen LogP contribution in [0.2, 0.25) is 10.0 Å². The summed E-state index contributed by atoms with van der Waals surface area (Å²) in [6.45, 7) is 2.13. The van der Waals surface area contributed by atoms with Crippen molar-refractivity contribution < 1.29 is 18.0 Å². The fraction of sp³-hybridized carbons (Fsp3) is 0.579. The predicted molar refractivity (Wildman–Crippen MR) is 115 cm³/mol. The average molecular weight is 477 g/mol. The van der Waals surface area contributed by atoms with E-state index in [2.05, 4.69) is 5.32 Å². The van der Waals surface area contributed by atoms with Gasteiger partial charge in [0, 0.05) is 38.1 Å². The number of sulfonamides is 1. The Labute approximate surface area is 186 Å². The van der Waals surface area contributed by atoms with E-state index in [1.165, 1.54) is 16.4 Å². The maximum atomic E-state index is 12.9. The summed E-state index contributed by atoms with van der Waals surface area (Å²) in [6.07, 6.45) is 2.40. The van der Waals surface area contributed by atoms with Gasteiger partial charge in [0.2, 0.25) is 21.8 Å². The van der Waals surface area contributed by atoms with Crippen molar-refractivity contribution in [3.8, 4) is 0 Å². The number of nitrogens with one attached hydrogen (secondary N) is 1. The Bertz CT molecular complexity index is 876. The number of carbonyl (C=O) groups excluding carboxylic acids is 2. The quantitative estimate of drug-likeness (QED) is 0.644. The zero-order valence-electron chi connectivity index (χ0n) is 16.5. The standard InChI is InChI=1S/C19H26Cl2N4O4S/c20-15-2-1-3-16(21)18(15)30(28,29)25-10-4-13(5-11-25)19(27)23-14-6-8-24(9-7-14)12-17(22)26/h1-3,13-14H,4-12H2,(H2,22,26)(H,23,27). The van der Waals surface area contributed by atoms with Crippen LogP contribution < -0.4 is 11.1 Å². The first kappa shape index (κ1) is 23.3. The lowest BCUT2D eigenvalue weighted by molar-refractivity contribution is -0.127. The van der Waals surface area contributed by atoms with Gasteiger partial charge in [-0.3, -0.25) is 14.5 Å². The van der Waals surface area contributed by atoms with Gasteiger partial charge in [0.1, 0.15) is 4.90 Å². The molecule has 2 heterocycles. The molecule has 0 radical (unpaired) electrons. The second kappa shape index (κ2) is 9.82. The molecule has 3 N–H and O–H groups in total. The Kier molecular flexibility index (Phi) is 7.62. The number of nitrogens with zero attached hydrogens (tertiary/aromatic N) is 2. The van der Waals surface area contributed by atoms with E-state index in [4.69, 9.17) is 28.9 Å². The van der Waals surface area contributed by atoms with E-state index in [0.29, 0.717) is 25.9 Å².